The molecular formula is C21H29BrFNO3S. The first-order chi connectivity index (χ1) is 12.9. The fraction of sp³-hybridized carbons (Fsp3) is 0.571. The van der Waals surface area contributed by atoms with Crippen LogP contribution in [0.1, 0.15) is 60.8 Å². The zero-order valence-electron chi connectivity index (χ0n) is 17.3. The van der Waals surface area contributed by atoms with Crippen LogP contribution >= 0.6 is 27.7 Å². The average molecular weight is 474 g/mol. The van der Waals surface area contributed by atoms with Crippen LogP contribution in [0.3, 0.4) is 0 Å². The number of thioether (sulfide) groups is 1. The van der Waals surface area contributed by atoms with E-state index in [0.29, 0.717) is 15.8 Å². The first-order valence-electron chi connectivity index (χ1n) is 9.47. The van der Waals surface area contributed by atoms with Gasteiger partial charge in [0.15, 0.2) is 5.12 Å². The van der Waals surface area contributed by atoms with Crippen molar-refractivity contribution in [1.82, 2.24) is 0 Å². The molecule has 0 aliphatic heterocycles. The molecule has 0 N–H and O–H groups in total. The molecule has 0 fully saturated rings. The zero-order valence-corrected chi connectivity index (χ0v) is 19.7. The van der Waals surface area contributed by atoms with Gasteiger partial charge >= 0.3 is 0 Å². The van der Waals surface area contributed by atoms with Gasteiger partial charge in [-0.25, -0.2) is 9.29 Å². The number of rotatable bonds is 8. The summed E-state index contributed by atoms with van der Waals surface area (Å²) in [5.41, 5.74) is -0.0978. The van der Waals surface area contributed by atoms with Crippen molar-refractivity contribution in [2.75, 3.05) is 4.90 Å². The first-order valence-corrected chi connectivity index (χ1v) is 11.1. The number of nitrogens with zero attached hydrogens (tertiary/aromatic N) is 1. The summed E-state index contributed by atoms with van der Waals surface area (Å²) in [6.45, 7) is 11.4. The summed E-state index contributed by atoms with van der Waals surface area (Å²) in [4.78, 5) is 39.1. The van der Waals surface area contributed by atoms with Crippen LogP contribution in [0.5, 0.6) is 0 Å². The molecule has 1 aromatic carbocycles. The SMILES string of the molecule is CC(C)CC(=O)Sc1cc(N(C(=O)CC(C)C)C(=O)CC(C)C)c(F)cc1Br. The molecule has 2 amide bonds. The Bertz CT molecular complexity index is 713. The van der Waals surface area contributed by atoms with E-state index in [4.69, 9.17) is 0 Å². The van der Waals surface area contributed by atoms with Gasteiger partial charge in [0.1, 0.15) is 5.82 Å². The van der Waals surface area contributed by atoms with Crippen molar-refractivity contribution in [3.63, 3.8) is 0 Å². The second-order valence-corrected chi connectivity index (χ2v) is 10.1. The molecule has 0 unspecified atom stereocenters. The third kappa shape index (κ3) is 7.66. The Morgan fingerprint density at radius 2 is 1.39 bits per heavy atom. The normalized spacial score (nSPS) is 11.4. The number of halogens is 2. The van der Waals surface area contributed by atoms with Gasteiger partial charge in [-0.05, 0) is 45.8 Å². The summed E-state index contributed by atoms with van der Waals surface area (Å²) in [6, 6.07) is 2.62. The summed E-state index contributed by atoms with van der Waals surface area (Å²) < 4.78 is 15.2. The minimum atomic E-state index is -0.679. The number of imide groups is 1. The molecule has 0 saturated carbocycles. The number of carbonyl (C=O) groups is 3. The number of hydrogen-bond donors (Lipinski definition) is 0. The van der Waals surface area contributed by atoms with E-state index in [0.717, 1.165) is 16.7 Å². The first kappa shape index (κ1) is 24.8. The highest BCUT2D eigenvalue weighted by atomic mass is 79.9. The van der Waals surface area contributed by atoms with Gasteiger partial charge in [-0.2, -0.15) is 0 Å². The molecular weight excluding hydrogens is 445 g/mol. The molecule has 0 saturated heterocycles. The summed E-state index contributed by atoms with van der Waals surface area (Å²) in [5.74, 6) is -1.29. The molecule has 0 bridgehead atoms. The second-order valence-electron chi connectivity index (χ2n) is 8.12. The van der Waals surface area contributed by atoms with Crippen molar-refractivity contribution in [2.24, 2.45) is 17.8 Å². The van der Waals surface area contributed by atoms with Gasteiger partial charge in [0.2, 0.25) is 11.8 Å². The Hall–Kier alpha value is -1.21. The van der Waals surface area contributed by atoms with E-state index in [2.05, 4.69) is 15.9 Å². The molecule has 0 aromatic heterocycles. The monoisotopic (exact) mass is 473 g/mol. The molecule has 156 valence electrons. The minimum absolute atomic E-state index is 0.0295. The molecule has 0 spiro atoms. The van der Waals surface area contributed by atoms with Gasteiger partial charge in [-0.1, -0.05) is 53.3 Å². The van der Waals surface area contributed by atoms with Gasteiger partial charge in [0, 0.05) is 28.6 Å². The molecule has 1 rings (SSSR count). The highest BCUT2D eigenvalue weighted by Crippen LogP contribution is 2.36. The van der Waals surface area contributed by atoms with Gasteiger partial charge in [-0.15, -0.1) is 0 Å². The zero-order chi connectivity index (χ0) is 21.6. The molecule has 0 aliphatic carbocycles. The number of amides is 2. The van der Waals surface area contributed by atoms with Crippen LogP contribution in [0.15, 0.2) is 21.5 Å². The van der Waals surface area contributed by atoms with Crippen molar-refractivity contribution in [2.45, 2.75) is 65.7 Å². The Balaban J connectivity index is 3.34. The lowest BCUT2D eigenvalue weighted by molar-refractivity contribution is -0.127. The number of anilines is 1. The molecule has 4 nitrogen and oxygen atoms in total. The standard InChI is InChI=1S/C21H29BrFNO3S/c1-12(2)7-19(25)24(20(26)8-13(3)4)17-11-18(15(22)10-16(17)23)28-21(27)9-14(5)6/h10-14H,7-9H2,1-6H3. The van der Waals surface area contributed by atoms with Gasteiger partial charge < -0.3 is 0 Å². The maximum atomic E-state index is 14.8. The molecule has 0 atom stereocenters. The average Bonchev–Trinajstić information content (AvgIpc) is 2.49. The topological polar surface area (TPSA) is 54.5 Å². The van der Waals surface area contributed by atoms with Crippen molar-refractivity contribution in [3.05, 3.63) is 22.4 Å². The lowest BCUT2D eigenvalue weighted by Crippen LogP contribution is -2.38. The number of carbonyl (C=O) groups excluding carboxylic acids is 3. The lowest BCUT2D eigenvalue weighted by Gasteiger charge is -2.24. The number of hydrogen-bond acceptors (Lipinski definition) is 4. The second kappa shape index (κ2) is 11.1. The van der Waals surface area contributed by atoms with E-state index >= 15 is 0 Å². The van der Waals surface area contributed by atoms with E-state index in [9.17, 15) is 18.8 Å². The Morgan fingerprint density at radius 1 is 0.929 bits per heavy atom. The van der Waals surface area contributed by atoms with E-state index < -0.39 is 17.6 Å². The number of benzene rings is 1. The Morgan fingerprint density at radius 3 is 1.82 bits per heavy atom. The predicted molar refractivity (Wildman–Crippen MR) is 116 cm³/mol. The quantitative estimate of drug-likeness (QED) is 0.421. The molecule has 1 aromatic rings. The van der Waals surface area contributed by atoms with E-state index in [1.54, 1.807) is 0 Å². The highest BCUT2D eigenvalue weighted by molar-refractivity contribution is 9.10. The Labute approximate surface area is 179 Å². The lowest BCUT2D eigenvalue weighted by atomic mass is 10.1. The van der Waals surface area contributed by atoms with Crippen LogP contribution in [0.2, 0.25) is 0 Å². The third-order valence-corrected chi connectivity index (χ3v) is 5.58. The molecule has 0 heterocycles. The third-order valence-electron chi connectivity index (χ3n) is 3.71. The molecule has 0 radical (unpaired) electrons. The van der Waals surface area contributed by atoms with E-state index in [-0.39, 0.29) is 41.4 Å². The van der Waals surface area contributed by atoms with Crippen molar-refractivity contribution in [3.8, 4) is 0 Å². The van der Waals surface area contributed by atoms with Gasteiger partial charge in [0.05, 0.1) is 5.69 Å². The van der Waals surface area contributed by atoms with Crippen LogP contribution in [0.4, 0.5) is 10.1 Å². The fourth-order valence-electron chi connectivity index (χ4n) is 2.55. The van der Waals surface area contributed by atoms with Crippen LogP contribution in [-0.2, 0) is 14.4 Å². The molecule has 0 aliphatic rings. The summed E-state index contributed by atoms with van der Waals surface area (Å²) in [5, 5.41) is -0.0539. The predicted octanol–water partition coefficient (Wildman–Crippen LogP) is 6.20. The van der Waals surface area contributed by atoms with Crippen LogP contribution < -0.4 is 4.90 Å². The minimum Gasteiger partial charge on any atom is -0.287 e. The maximum Gasteiger partial charge on any atom is 0.234 e. The van der Waals surface area contributed by atoms with Crippen molar-refractivity contribution >= 4 is 50.3 Å². The smallest absolute Gasteiger partial charge is 0.234 e. The van der Waals surface area contributed by atoms with Crippen LogP contribution in [0.25, 0.3) is 0 Å². The molecule has 28 heavy (non-hydrogen) atoms. The van der Waals surface area contributed by atoms with Crippen LogP contribution in [0, 0.1) is 23.6 Å². The van der Waals surface area contributed by atoms with Crippen molar-refractivity contribution in [1.29, 1.82) is 0 Å². The van der Waals surface area contributed by atoms with Gasteiger partial charge in [-0.3, -0.25) is 14.4 Å². The fourth-order valence-corrected chi connectivity index (χ4v) is 4.10. The summed E-state index contributed by atoms with van der Waals surface area (Å²) >= 11 is 4.27. The summed E-state index contributed by atoms with van der Waals surface area (Å²) in [7, 11) is 0. The van der Waals surface area contributed by atoms with E-state index in [1.165, 1.54) is 12.1 Å². The highest BCUT2D eigenvalue weighted by Gasteiger charge is 2.28. The van der Waals surface area contributed by atoms with Gasteiger partial charge in [0.25, 0.3) is 0 Å². The maximum absolute atomic E-state index is 14.8. The Kier molecular flexibility index (Phi) is 9.84. The largest absolute Gasteiger partial charge is 0.287 e. The molecule has 7 heteroatoms. The van der Waals surface area contributed by atoms with Crippen LogP contribution in [-0.4, -0.2) is 16.9 Å². The summed E-state index contributed by atoms with van der Waals surface area (Å²) in [6.07, 6.45) is 0.647. The van der Waals surface area contributed by atoms with E-state index in [1.807, 2.05) is 41.5 Å². The van der Waals surface area contributed by atoms with Crippen molar-refractivity contribution < 1.29 is 18.8 Å².